The molecule has 1 atom stereocenters. The minimum atomic E-state index is -0.484. The number of ketones is 1. The molecule has 0 N–H and O–H groups in total. The Hall–Kier alpha value is -1.44. The number of rotatable bonds is 4. The van der Waals surface area contributed by atoms with E-state index in [0.29, 0.717) is 12.0 Å². The summed E-state index contributed by atoms with van der Waals surface area (Å²) >= 11 is 0. The van der Waals surface area contributed by atoms with Gasteiger partial charge in [0.25, 0.3) is 0 Å². The second-order valence-corrected chi connectivity index (χ2v) is 2.88. The standard InChI is InChI=1S/C11H12O2/c1-2-9(8-12)11(13)10-6-4-3-5-7-10/h3-9H,2H2,1H3. The van der Waals surface area contributed by atoms with E-state index >= 15 is 0 Å². The highest BCUT2D eigenvalue weighted by molar-refractivity contribution is 6.05. The number of carbonyl (C=O) groups is 2. The van der Waals surface area contributed by atoms with Crippen molar-refractivity contribution in [2.24, 2.45) is 5.92 Å². The van der Waals surface area contributed by atoms with E-state index in [1.54, 1.807) is 24.3 Å². The molecule has 0 aliphatic rings. The predicted octanol–water partition coefficient (Wildman–Crippen LogP) is 2.09. The van der Waals surface area contributed by atoms with Gasteiger partial charge in [0, 0.05) is 5.56 Å². The normalized spacial score (nSPS) is 12.1. The van der Waals surface area contributed by atoms with Gasteiger partial charge in [0.05, 0.1) is 5.92 Å². The van der Waals surface area contributed by atoms with Gasteiger partial charge in [-0.2, -0.15) is 0 Å². The zero-order valence-electron chi connectivity index (χ0n) is 7.57. The van der Waals surface area contributed by atoms with E-state index in [9.17, 15) is 9.59 Å². The van der Waals surface area contributed by atoms with Gasteiger partial charge in [-0.05, 0) is 6.42 Å². The van der Waals surface area contributed by atoms with Crippen molar-refractivity contribution in [2.45, 2.75) is 13.3 Å². The van der Waals surface area contributed by atoms with Gasteiger partial charge >= 0.3 is 0 Å². The Bertz CT molecular complexity index is 290. The maximum atomic E-state index is 11.6. The molecule has 0 bridgehead atoms. The van der Waals surface area contributed by atoms with E-state index in [1.165, 1.54) is 0 Å². The Morgan fingerprint density at radius 2 is 2.00 bits per heavy atom. The summed E-state index contributed by atoms with van der Waals surface area (Å²) < 4.78 is 0. The second kappa shape index (κ2) is 4.55. The molecule has 2 heteroatoms. The molecular weight excluding hydrogens is 164 g/mol. The van der Waals surface area contributed by atoms with Crippen molar-refractivity contribution in [3.63, 3.8) is 0 Å². The Labute approximate surface area is 77.6 Å². The largest absolute Gasteiger partial charge is 0.303 e. The van der Waals surface area contributed by atoms with Gasteiger partial charge in [-0.15, -0.1) is 0 Å². The van der Waals surface area contributed by atoms with Crippen molar-refractivity contribution in [1.29, 1.82) is 0 Å². The van der Waals surface area contributed by atoms with E-state index < -0.39 is 5.92 Å². The third kappa shape index (κ3) is 2.25. The first-order valence-corrected chi connectivity index (χ1v) is 4.34. The van der Waals surface area contributed by atoms with Crippen LogP contribution in [0.1, 0.15) is 23.7 Å². The number of hydrogen-bond donors (Lipinski definition) is 0. The average molecular weight is 176 g/mol. The zero-order valence-corrected chi connectivity index (χ0v) is 7.57. The summed E-state index contributed by atoms with van der Waals surface area (Å²) in [7, 11) is 0. The lowest BCUT2D eigenvalue weighted by atomic mass is 9.97. The van der Waals surface area contributed by atoms with Crippen LogP contribution in [-0.4, -0.2) is 12.1 Å². The summed E-state index contributed by atoms with van der Waals surface area (Å²) in [4.78, 5) is 22.1. The van der Waals surface area contributed by atoms with Crippen molar-refractivity contribution in [2.75, 3.05) is 0 Å². The Kier molecular flexibility index (Phi) is 3.38. The molecule has 0 aromatic heterocycles. The predicted molar refractivity (Wildman–Crippen MR) is 50.6 cm³/mol. The molecule has 1 aromatic rings. The summed E-state index contributed by atoms with van der Waals surface area (Å²) in [5, 5.41) is 0. The average Bonchev–Trinajstić information content (AvgIpc) is 2.21. The lowest BCUT2D eigenvalue weighted by Gasteiger charge is -2.04. The molecular formula is C11H12O2. The number of carbonyl (C=O) groups excluding carboxylic acids is 2. The smallest absolute Gasteiger partial charge is 0.172 e. The molecule has 0 aliphatic heterocycles. The van der Waals surface area contributed by atoms with Crippen LogP contribution in [0.5, 0.6) is 0 Å². The maximum Gasteiger partial charge on any atom is 0.172 e. The molecule has 0 radical (unpaired) electrons. The number of aldehydes is 1. The lowest BCUT2D eigenvalue weighted by Crippen LogP contribution is -2.14. The number of hydrogen-bond acceptors (Lipinski definition) is 2. The van der Waals surface area contributed by atoms with Gasteiger partial charge in [-0.3, -0.25) is 4.79 Å². The first kappa shape index (κ1) is 9.65. The lowest BCUT2D eigenvalue weighted by molar-refractivity contribution is -0.109. The topological polar surface area (TPSA) is 34.1 Å². The zero-order chi connectivity index (χ0) is 9.68. The van der Waals surface area contributed by atoms with Crippen LogP contribution in [0.4, 0.5) is 0 Å². The van der Waals surface area contributed by atoms with Crippen LogP contribution >= 0.6 is 0 Å². The van der Waals surface area contributed by atoms with Crippen LogP contribution in [0.25, 0.3) is 0 Å². The van der Waals surface area contributed by atoms with Gasteiger partial charge in [0.2, 0.25) is 0 Å². The minimum absolute atomic E-state index is 0.0851. The molecule has 2 nitrogen and oxygen atoms in total. The van der Waals surface area contributed by atoms with Crippen LogP contribution in [-0.2, 0) is 4.79 Å². The highest BCUT2D eigenvalue weighted by Gasteiger charge is 2.16. The molecule has 1 aromatic carbocycles. The summed E-state index contributed by atoms with van der Waals surface area (Å²) in [5.74, 6) is -0.569. The van der Waals surface area contributed by atoms with E-state index in [1.807, 2.05) is 13.0 Å². The van der Waals surface area contributed by atoms with Gasteiger partial charge in [0.1, 0.15) is 6.29 Å². The Morgan fingerprint density at radius 3 is 2.46 bits per heavy atom. The van der Waals surface area contributed by atoms with Crippen LogP contribution in [0, 0.1) is 5.92 Å². The Balaban J connectivity index is 2.84. The van der Waals surface area contributed by atoms with Gasteiger partial charge in [0.15, 0.2) is 5.78 Å². The fourth-order valence-electron chi connectivity index (χ4n) is 1.16. The molecule has 0 heterocycles. The maximum absolute atomic E-state index is 11.6. The molecule has 1 unspecified atom stereocenters. The molecule has 0 aliphatic carbocycles. The van der Waals surface area contributed by atoms with E-state index in [2.05, 4.69) is 0 Å². The fourth-order valence-corrected chi connectivity index (χ4v) is 1.16. The molecule has 0 fully saturated rings. The molecule has 68 valence electrons. The van der Waals surface area contributed by atoms with Crippen LogP contribution in [0.15, 0.2) is 30.3 Å². The second-order valence-electron chi connectivity index (χ2n) is 2.88. The van der Waals surface area contributed by atoms with E-state index in [4.69, 9.17) is 0 Å². The Morgan fingerprint density at radius 1 is 1.38 bits per heavy atom. The van der Waals surface area contributed by atoms with E-state index in [0.717, 1.165) is 6.29 Å². The SMILES string of the molecule is CCC(C=O)C(=O)c1ccccc1. The molecule has 0 saturated heterocycles. The molecule has 0 saturated carbocycles. The highest BCUT2D eigenvalue weighted by atomic mass is 16.1. The van der Waals surface area contributed by atoms with Gasteiger partial charge in [-0.25, -0.2) is 0 Å². The summed E-state index contributed by atoms with van der Waals surface area (Å²) in [6.07, 6.45) is 1.28. The van der Waals surface area contributed by atoms with Gasteiger partial charge in [-0.1, -0.05) is 37.3 Å². The molecule has 0 amide bonds. The summed E-state index contributed by atoms with van der Waals surface area (Å²) in [5.41, 5.74) is 0.612. The highest BCUT2D eigenvalue weighted by Crippen LogP contribution is 2.09. The third-order valence-electron chi connectivity index (χ3n) is 2.00. The van der Waals surface area contributed by atoms with Crippen LogP contribution in [0.2, 0.25) is 0 Å². The summed E-state index contributed by atoms with van der Waals surface area (Å²) in [6, 6.07) is 8.90. The van der Waals surface area contributed by atoms with Crippen molar-refractivity contribution < 1.29 is 9.59 Å². The monoisotopic (exact) mass is 176 g/mol. The van der Waals surface area contributed by atoms with Crippen LogP contribution < -0.4 is 0 Å². The van der Waals surface area contributed by atoms with E-state index in [-0.39, 0.29) is 5.78 Å². The van der Waals surface area contributed by atoms with Crippen molar-refractivity contribution in [3.05, 3.63) is 35.9 Å². The molecule has 13 heavy (non-hydrogen) atoms. The third-order valence-corrected chi connectivity index (χ3v) is 2.00. The van der Waals surface area contributed by atoms with Crippen molar-refractivity contribution in [1.82, 2.24) is 0 Å². The van der Waals surface area contributed by atoms with Crippen molar-refractivity contribution in [3.8, 4) is 0 Å². The van der Waals surface area contributed by atoms with Crippen LogP contribution in [0.3, 0.4) is 0 Å². The quantitative estimate of drug-likeness (QED) is 0.400. The van der Waals surface area contributed by atoms with Crippen molar-refractivity contribution >= 4 is 12.1 Å². The van der Waals surface area contributed by atoms with Gasteiger partial charge < -0.3 is 4.79 Å². The minimum Gasteiger partial charge on any atom is -0.303 e. The number of Topliss-reactive ketones (excluding diaryl/α,β-unsaturated/α-hetero) is 1. The first-order valence-electron chi connectivity index (χ1n) is 4.34. The number of benzene rings is 1. The molecule has 1 rings (SSSR count). The molecule has 0 spiro atoms. The summed E-state index contributed by atoms with van der Waals surface area (Å²) in [6.45, 7) is 1.83. The first-order chi connectivity index (χ1) is 6.29. The fraction of sp³-hybridized carbons (Fsp3) is 0.273.